The van der Waals surface area contributed by atoms with Crippen molar-refractivity contribution < 1.29 is 24.3 Å². The summed E-state index contributed by atoms with van der Waals surface area (Å²) in [6.45, 7) is 5.72. The van der Waals surface area contributed by atoms with Gasteiger partial charge in [0, 0.05) is 28.9 Å². The SMILES string of the molecule is CC(C)(C)NC(=O)CCSC[C@@H](O)[C@H](Cc1ccccc1)NC(=O)[C@H](CC(N)=O)NC(=O)c1ccc2ccccc2n1. The predicted molar refractivity (Wildman–Crippen MR) is 165 cm³/mol. The first-order valence-corrected chi connectivity index (χ1v) is 14.9. The van der Waals surface area contributed by atoms with Crippen LogP contribution < -0.4 is 21.7 Å². The van der Waals surface area contributed by atoms with Crippen molar-refractivity contribution in [2.45, 2.75) is 63.8 Å². The quantitative estimate of drug-likeness (QED) is 0.179. The van der Waals surface area contributed by atoms with E-state index < -0.39 is 42.3 Å². The fraction of sp³-hybridized carbons (Fsp3) is 0.387. The molecule has 0 fully saturated rings. The number of nitrogens with zero attached hydrogens (tertiary/aromatic N) is 1. The molecule has 0 saturated heterocycles. The number of aliphatic hydroxyl groups excluding tert-OH is 1. The maximum absolute atomic E-state index is 13.4. The molecule has 6 N–H and O–H groups in total. The van der Waals surface area contributed by atoms with E-state index in [0.29, 0.717) is 24.1 Å². The number of rotatable bonds is 14. The topological polar surface area (TPSA) is 164 Å². The van der Waals surface area contributed by atoms with E-state index in [1.807, 2.05) is 63.2 Å². The zero-order chi connectivity index (χ0) is 30.7. The van der Waals surface area contributed by atoms with E-state index in [2.05, 4.69) is 20.9 Å². The monoisotopic (exact) mass is 593 g/mol. The summed E-state index contributed by atoms with van der Waals surface area (Å²) in [7, 11) is 0. The van der Waals surface area contributed by atoms with Crippen LogP contribution in [0, 0.1) is 0 Å². The molecule has 0 saturated carbocycles. The highest BCUT2D eigenvalue weighted by atomic mass is 32.2. The van der Waals surface area contributed by atoms with Crippen LogP contribution in [-0.2, 0) is 20.8 Å². The van der Waals surface area contributed by atoms with Crippen LogP contribution in [-0.4, -0.2) is 69.0 Å². The van der Waals surface area contributed by atoms with Gasteiger partial charge in [0.1, 0.15) is 11.7 Å². The third-order valence-corrected chi connectivity index (χ3v) is 7.30. The minimum Gasteiger partial charge on any atom is -0.390 e. The molecule has 224 valence electrons. The second-order valence-electron chi connectivity index (χ2n) is 11.1. The van der Waals surface area contributed by atoms with E-state index in [0.717, 1.165) is 10.9 Å². The van der Waals surface area contributed by atoms with Gasteiger partial charge >= 0.3 is 0 Å². The molecule has 0 aliphatic rings. The lowest BCUT2D eigenvalue weighted by Crippen LogP contribution is -2.54. The van der Waals surface area contributed by atoms with Crippen LogP contribution >= 0.6 is 11.8 Å². The first-order chi connectivity index (χ1) is 19.9. The van der Waals surface area contributed by atoms with E-state index in [1.54, 1.807) is 18.2 Å². The lowest BCUT2D eigenvalue weighted by Gasteiger charge is -2.27. The normalized spacial score (nSPS) is 13.5. The van der Waals surface area contributed by atoms with Gasteiger partial charge in [-0.25, -0.2) is 4.98 Å². The average Bonchev–Trinajstić information content (AvgIpc) is 2.93. The number of primary amides is 1. The predicted octanol–water partition coefficient (Wildman–Crippen LogP) is 2.34. The van der Waals surface area contributed by atoms with Crippen LogP contribution in [0.1, 0.15) is 49.7 Å². The van der Waals surface area contributed by atoms with Gasteiger partial charge in [-0.15, -0.1) is 0 Å². The van der Waals surface area contributed by atoms with Crippen LogP contribution in [0.2, 0.25) is 0 Å². The van der Waals surface area contributed by atoms with E-state index in [-0.39, 0.29) is 22.9 Å². The maximum atomic E-state index is 13.4. The average molecular weight is 594 g/mol. The molecule has 11 heteroatoms. The number of hydrogen-bond acceptors (Lipinski definition) is 7. The Morgan fingerprint density at radius 1 is 0.952 bits per heavy atom. The van der Waals surface area contributed by atoms with Crippen LogP contribution in [0.3, 0.4) is 0 Å². The summed E-state index contributed by atoms with van der Waals surface area (Å²) in [6.07, 6.45) is -0.809. The lowest BCUT2D eigenvalue weighted by atomic mass is 10.0. The van der Waals surface area contributed by atoms with Crippen molar-refractivity contribution >= 4 is 46.3 Å². The van der Waals surface area contributed by atoms with Crippen LogP contribution in [0.4, 0.5) is 0 Å². The number of aliphatic hydroxyl groups is 1. The number of fused-ring (bicyclic) bond motifs is 1. The van der Waals surface area contributed by atoms with Gasteiger partial charge in [0.05, 0.1) is 24.1 Å². The molecule has 0 radical (unpaired) electrons. The molecule has 0 bridgehead atoms. The summed E-state index contributed by atoms with van der Waals surface area (Å²) in [4.78, 5) is 54.7. The maximum Gasteiger partial charge on any atom is 0.270 e. The Bertz CT molecular complexity index is 1380. The molecular weight excluding hydrogens is 554 g/mol. The molecule has 1 aromatic heterocycles. The van der Waals surface area contributed by atoms with Gasteiger partial charge in [-0.1, -0.05) is 54.6 Å². The zero-order valence-electron chi connectivity index (χ0n) is 24.1. The summed E-state index contributed by atoms with van der Waals surface area (Å²) in [5.41, 5.74) is 6.66. The van der Waals surface area contributed by atoms with Crippen molar-refractivity contribution in [3.8, 4) is 0 Å². The Hall–Kier alpha value is -3.96. The molecule has 3 rings (SSSR count). The highest BCUT2D eigenvalue weighted by molar-refractivity contribution is 7.99. The van der Waals surface area contributed by atoms with Gasteiger partial charge in [0.15, 0.2) is 0 Å². The molecule has 3 aromatic rings. The molecular formula is C31H39N5O5S. The number of nitrogens with two attached hydrogens (primary N) is 1. The smallest absolute Gasteiger partial charge is 0.270 e. The van der Waals surface area contributed by atoms with E-state index in [9.17, 15) is 24.3 Å². The lowest BCUT2D eigenvalue weighted by molar-refractivity contribution is -0.128. The number of amides is 4. The third kappa shape index (κ3) is 10.8. The van der Waals surface area contributed by atoms with E-state index >= 15 is 0 Å². The largest absolute Gasteiger partial charge is 0.390 e. The second kappa shape index (κ2) is 15.3. The summed E-state index contributed by atoms with van der Waals surface area (Å²) in [6, 6.07) is 17.9. The van der Waals surface area contributed by atoms with Crippen LogP contribution in [0.15, 0.2) is 66.7 Å². The van der Waals surface area contributed by atoms with Gasteiger partial charge in [0.25, 0.3) is 5.91 Å². The van der Waals surface area contributed by atoms with Gasteiger partial charge in [0.2, 0.25) is 17.7 Å². The summed E-state index contributed by atoms with van der Waals surface area (Å²) in [5.74, 6) is -1.39. The van der Waals surface area contributed by atoms with Gasteiger partial charge in [-0.05, 0) is 44.9 Å². The highest BCUT2D eigenvalue weighted by Crippen LogP contribution is 2.14. The summed E-state index contributed by atoms with van der Waals surface area (Å²) >= 11 is 1.40. The third-order valence-electron chi connectivity index (χ3n) is 6.23. The Morgan fingerprint density at radius 2 is 1.64 bits per heavy atom. The van der Waals surface area contributed by atoms with Gasteiger partial charge < -0.3 is 26.8 Å². The molecule has 0 spiro atoms. The number of thioether (sulfide) groups is 1. The first kappa shape index (κ1) is 32.6. The fourth-order valence-corrected chi connectivity index (χ4v) is 5.21. The number of nitrogens with one attached hydrogen (secondary N) is 3. The molecule has 2 aromatic carbocycles. The minimum atomic E-state index is -1.28. The highest BCUT2D eigenvalue weighted by Gasteiger charge is 2.29. The fourth-order valence-electron chi connectivity index (χ4n) is 4.24. The molecule has 0 unspecified atom stereocenters. The molecule has 0 aliphatic carbocycles. The Kier molecular flexibility index (Phi) is 11.9. The number of para-hydroxylation sites is 1. The van der Waals surface area contributed by atoms with Gasteiger partial charge in [-0.2, -0.15) is 11.8 Å². The van der Waals surface area contributed by atoms with Crippen LogP contribution in [0.5, 0.6) is 0 Å². The number of hydrogen-bond donors (Lipinski definition) is 5. The summed E-state index contributed by atoms with van der Waals surface area (Å²) < 4.78 is 0. The minimum absolute atomic E-state index is 0.0791. The Balaban J connectivity index is 1.69. The zero-order valence-corrected chi connectivity index (χ0v) is 24.9. The molecule has 10 nitrogen and oxygen atoms in total. The van der Waals surface area contributed by atoms with Gasteiger partial charge in [-0.3, -0.25) is 19.2 Å². The number of pyridine rings is 1. The molecule has 3 atom stereocenters. The number of benzene rings is 2. The van der Waals surface area contributed by atoms with Crippen molar-refractivity contribution in [3.05, 3.63) is 78.0 Å². The Labute approximate surface area is 250 Å². The van der Waals surface area contributed by atoms with Crippen molar-refractivity contribution in [1.82, 2.24) is 20.9 Å². The van der Waals surface area contributed by atoms with Crippen LogP contribution in [0.25, 0.3) is 10.9 Å². The van der Waals surface area contributed by atoms with Crippen molar-refractivity contribution in [3.63, 3.8) is 0 Å². The number of carbonyl (C=O) groups is 4. The second-order valence-corrected chi connectivity index (χ2v) is 12.2. The van der Waals surface area contributed by atoms with Crippen molar-refractivity contribution in [2.24, 2.45) is 5.73 Å². The summed E-state index contributed by atoms with van der Waals surface area (Å²) in [5, 5.41) is 20.2. The first-order valence-electron chi connectivity index (χ1n) is 13.8. The number of aromatic nitrogens is 1. The molecule has 4 amide bonds. The molecule has 1 heterocycles. The van der Waals surface area contributed by atoms with Crippen molar-refractivity contribution in [2.75, 3.05) is 11.5 Å². The van der Waals surface area contributed by atoms with E-state index in [4.69, 9.17) is 5.73 Å². The Morgan fingerprint density at radius 3 is 2.33 bits per heavy atom. The standard InChI is InChI=1S/C31H39N5O5S/c1-31(2,3)36-28(39)15-16-42-19-26(37)24(17-20-9-5-4-6-10-20)34-30(41)25(18-27(32)38)35-29(40)23-14-13-21-11-7-8-12-22(21)33-23/h4-14,24-26,37H,15-19H2,1-3H3,(H2,32,38)(H,34,41)(H,35,40)(H,36,39)/t24-,25-,26+/m0/s1. The van der Waals surface area contributed by atoms with E-state index in [1.165, 1.54) is 17.8 Å². The number of carbonyl (C=O) groups excluding carboxylic acids is 4. The molecule has 0 aliphatic heterocycles. The molecule has 42 heavy (non-hydrogen) atoms. The van der Waals surface area contributed by atoms with Crippen molar-refractivity contribution in [1.29, 1.82) is 0 Å².